The van der Waals surface area contributed by atoms with Gasteiger partial charge in [0.1, 0.15) is 0 Å². The molecule has 3 nitrogen and oxygen atoms in total. The summed E-state index contributed by atoms with van der Waals surface area (Å²) in [5.74, 6) is 0. The first-order chi connectivity index (χ1) is 9.31. The van der Waals surface area contributed by atoms with Gasteiger partial charge in [-0.15, -0.1) is 11.3 Å². The molecule has 19 heavy (non-hydrogen) atoms. The topological polar surface area (TPSA) is 36.1 Å². The lowest BCUT2D eigenvalue weighted by molar-refractivity contribution is 1.09. The monoisotopic (exact) mass is 275 g/mol. The van der Waals surface area contributed by atoms with Gasteiger partial charge in [-0.3, -0.25) is 0 Å². The van der Waals surface area contributed by atoms with Gasteiger partial charge in [-0.25, -0.2) is 0 Å². The minimum Gasteiger partial charge on any atom is -0.388 e. The van der Waals surface area contributed by atoms with Crippen LogP contribution in [-0.4, -0.2) is 20.1 Å². The maximum absolute atomic E-state index is 3.44. The molecule has 4 heteroatoms. The second-order valence-electron chi connectivity index (χ2n) is 4.30. The lowest BCUT2D eigenvalue weighted by Gasteiger charge is -2.08. The summed E-state index contributed by atoms with van der Waals surface area (Å²) >= 11 is 1.84. The van der Waals surface area contributed by atoms with E-state index < -0.39 is 0 Å². The Hall–Kier alpha value is -1.68. The molecule has 1 heterocycles. The molecule has 2 rings (SSSR count). The normalized spacial score (nSPS) is 10.2. The number of rotatable bonds is 7. The van der Waals surface area contributed by atoms with E-state index in [-0.39, 0.29) is 0 Å². The van der Waals surface area contributed by atoms with Gasteiger partial charge in [-0.05, 0) is 42.8 Å². The van der Waals surface area contributed by atoms with Crippen molar-refractivity contribution in [2.45, 2.75) is 13.3 Å². The average molecular weight is 275 g/mol. The van der Waals surface area contributed by atoms with Crippen molar-refractivity contribution in [2.24, 2.45) is 0 Å². The molecule has 0 amide bonds. The number of nitrogens with one attached hydrogen (secondary N) is 3. The Bertz CT molecular complexity index is 490. The molecule has 0 unspecified atom stereocenters. The second-order valence-corrected chi connectivity index (χ2v) is 5.47. The molecule has 0 bridgehead atoms. The van der Waals surface area contributed by atoms with Gasteiger partial charge in [-0.1, -0.05) is 6.92 Å². The second kappa shape index (κ2) is 7.04. The van der Waals surface area contributed by atoms with Gasteiger partial charge in [-0.2, -0.15) is 0 Å². The van der Waals surface area contributed by atoms with Gasteiger partial charge >= 0.3 is 0 Å². The Labute approximate surface area is 119 Å². The summed E-state index contributed by atoms with van der Waals surface area (Å²) < 4.78 is 0. The van der Waals surface area contributed by atoms with Crippen molar-refractivity contribution < 1.29 is 0 Å². The van der Waals surface area contributed by atoms with Crippen molar-refractivity contribution in [1.29, 1.82) is 0 Å². The van der Waals surface area contributed by atoms with Crippen LogP contribution in [0, 0.1) is 0 Å². The summed E-state index contributed by atoms with van der Waals surface area (Å²) in [6.45, 7) is 4.03. The van der Waals surface area contributed by atoms with E-state index in [1.807, 2.05) is 18.4 Å². The van der Waals surface area contributed by atoms with E-state index in [9.17, 15) is 0 Å². The zero-order valence-electron chi connectivity index (χ0n) is 11.5. The summed E-state index contributed by atoms with van der Waals surface area (Å²) in [5, 5.41) is 11.2. The number of hydrogen-bond donors (Lipinski definition) is 3. The molecule has 2 aromatic rings. The van der Waals surface area contributed by atoms with Gasteiger partial charge in [0.2, 0.25) is 0 Å². The number of anilines is 3. The Morgan fingerprint density at radius 2 is 1.58 bits per heavy atom. The lowest BCUT2D eigenvalue weighted by atomic mass is 10.3. The Morgan fingerprint density at radius 1 is 0.895 bits per heavy atom. The van der Waals surface area contributed by atoms with Crippen LogP contribution in [0.25, 0.3) is 0 Å². The predicted molar refractivity (Wildman–Crippen MR) is 86.7 cm³/mol. The van der Waals surface area contributed by atoms with Crippen LogP contribution >= 0.6 is 11.3 Å². The van der Waals surface area contributed by atoms with Gasteiger partial charge in [0.05, 0.1) is 5.00 Å². The van der Waals surface area contributed by atoms with E-state index in [0.717, 1.165) is 30.9 Å². The number of hydrogen-bond acceptors (Lipinski definition) is 4. The van der Waals surface area contributed by atoms with Crippen molar-refractivity contribution >= 4 is 27.7 Å². The summed E-state index contributed by atoms with van der Waals surface area (Å²) in [6.07, 6.45) is 1.11. The van der Waals surface area contributed by atoms with Crippen LogP contribution < -0.4 is 16.0 Å². The van der Waals surface area contributed by atoms with Crippen LogP contribution in [0.15, 0.2) is 36.4 Å². The number of thiophene rings is 1. The average Bonchev–Trinajstić information content (AvgIpc) is 2.92. The number of aryl methyl sites for hydroxylation is 1. The van der Waals surface area contributed by atoms with E-state index in [4.69, 9.17) is 0 Å². The molecule has 0 aliphatic heterocycles. The van der Waals surface area contributed by atoms with Crippen molar-refractivity contribution in [3.63, 3.8) is 0 Å². The van der Waals surface area contributed by atoms with Gasteiger partial charge < -0.3 is 16.0 Å². The van der Waals surface area contributed by atoms with Gasteiger partial charge in [0.25, 0.3) is 0 Å². The highest BCUT2D eigenvalue weighted by Gasteiger charge is 1.97. The molecule has 1 aromatic carbocycles. The van der Waals surface area contributed by atoms with Crippen LogP contribution in [0.1, 0.15) is 11.8 Å². The van der Waals surface area contributed by atoms with E-state index >= 15 is 0 Å². The SMILES string of the molecule is CCc1ccc(NCCNc2ccc(NC)cc2)s1. The fourth-order valence-corrected chi connectivity index (χ4v) is 2.68. The van der Waals surface area contributed by atoms with E-state index in [0.29, 0.717) is 0 Å². The third-order valence-electron chi connectivity index (χ3n) is 2.94. The summed E-state index contributed by atoms with van der Waals surface area (Å²) in [6, 6.07) is 12.7. The molecular formula is C15H21N3S. The summed E-state index contributed by atoms with van der Waals surface area (Å²) in [5.41, 5.74) is 2.29. The Morgan fingerprint density at radius 3 is 2.21 bits per heavy atom. The standard InChI is InChI=1S/C15H21N3S/c1-3-14-8-9-15(19-14)18-11-10-17-13-6-4-12(16-2)5-7-13/h4-9,16-18H,3,10-11H2,1-2H3. The lowest BCUT2D eigenvalue weighted by Crippen LogP contribution is -2.12. The highest BCUT2D eigenvalue weighted by atomic mass is 32.1. The van der Waals surface area contributed by atoms with Gasteiger partial charge in [0, 0.05) is 36.4 Å². The maximum atomic E-state index is 3.44. The van der Waals surface area contributed by atoms with Crippen LogP contribution in [0.3, 0.4) is 0 Å². The fraction of sp³-hybridized carbons (Fsp3) is 0.333. The molecule has 0 radical (unpaired) electrons. The van der Waals surface area contributed by atoms with E-state index in [2.05, 4.69) is 59.3 Å². The maximum Gasteiger partial charge on any atom is 0.0885 e. The molecule has 0 saturated carbocycles. The quantitative estimate of drug-likeness (QED) is 0.671. The molecular weight excluding hydrogens is 254 g/mol. The molecule has 0 spiro atoms. The highest BCUT2D eigenvalue weighted by molar-refractivity contribution is 7.16. The molecule has 102 valence electrons. The largest absolute Gasteiger partial charge is 0.388 e. The third kappa shape index (κ3) is 4.17. The molecule has 0 fully saturated rings. The van der Waals surface area contributed by atoms with Crippen LogP contribution in [0.4, 0.5) is 16.4 Å². The van der Waals surface area contributed by atoms with Gasteiger partial charge in [0.15, 0.2) is 0 Å². The van der Waals surface area contributed by atoms with E-state index in [1.54, 1.807) is 0 Å². The van der Waals surface area contributed by atoms with Crippen molar-refractivity contribution in [2.75, 3.05) is 36.1 Å². The zero-order valence-corrected chi connectivity index (χ0v) is 12.3. The number of benzene rings is 1. The minimum absolute atomic E-state index is 0.915. The molecule has 3 N–H and O–H groups in total. The summed E-state index contributed by atoms with van der Waals surface area (Å²) in [7, 11) is 1.93. The minimum atomic E-state index is 0.915. The zero-order chi connectivity index (χ0) is 13.5. The third-order valence-corrected chi connectivity index (χ3v) is 4.12. The highest BCUT2D eigenvalue weighted by Crippen LogP contribution is 2.21. The van der Waals surface area contributed by atoms with Crippen molar-refractivity contribution in [3.05, 3.63) is 41.3 Å². The molecule has 0 aliphatic carbocycles. The van der Waals surface area contributed by atoms with Crippen molar-refractivity contribution in [1.82, 2.24) is 0 Å². The Kier molecular flexibility index (Phi) is 5.10. The fourth-order valence-electron chi connectivity index (χ4n) is 1.81. The van der Waals surface area contributed by atoms with Crippen LogP contribution in [0.5, 0.6) is 0 Å². The molecule has 0 atom stereocenters. The van der Waals surface area contributed by atoms with Crippen LogP contribution in [0.2, 0.25) is 0 Å². The summed E-state index contributed by atoms with van der Waals surface area (Å²) in [4.78, 5) is 1.43. The first kappa shape index (κ1) is 13.7. The molecule has 0 saturated heterocycles. The molecule has 1 aromatic heterocycles. The van der Waals surface area contributed by atoms with E-state index in [1.165, 1.54) is 9.88 Å². The first-order valence-electron chi connectivity index (χ1n) is 6.66. The predicted octanol–water partition coefficient (Wildman–Crippen LogP) is 3.88. The smallest absolute Gasteiger partial charge is 0.0885 e. The Balaban J connectivity index is 1.71. The van der Waals surface area contributed by atoms with Crippen molar-refractivity contribution in [3.8, 4) is 0 Å². The molecule has 0 aliphatic rings. The van der Waals surface area contributed by atoms with Crippen LogP contribution in [-0.2, 0) is 6.42 Å². The first-order valence-corrected chi connectivity index (χ1v) is 7.47.